The monoisotopic (exact) mass is 232 g/mol. The van der Waals surface area contributed by atoms with E-state index in [9.17, 15) is 14.7 Å². The zero-order chi connectivity index (χ0) is 12.4. The first-order valence-electron chi connectivity index (χ1n) is 5.27. The SMILES string of the molecule is CCc1ccccc1-n1c(O)cc(=O)[nH]c1=O. The lowest BCUT2D eigenvalue weighted by Crippen LogP contribution is -2.28. The van der Waals surface area contributed by atoms with Gasteiger partial charge in [-0.05, 0) is 18.1 Å². The summed E-state index contributed by atoms with van der Waals surface area (Å²) in [7, 11) is 0. The lowest BCUT2D eigenvalue weighted by atomic mass is 10.1. The van der Waals surface area contributed by atoms with Crippen LogP contribution in [0.5, 0.6) is 5.88 Å². The van der Waals surface area contributed by atoms with Gasteiger partial charge in [-0.15, -0.1) is 0 Å². The molecule has 2 rings (SSSR count). The highest BCUT2D eigenvalue weighted by molar-refractivity contribution is 5.43. The van der Waals surface area contributed by atoms with Gasteiger partial charge >= 0.3 is 5.69 Å². The van der Waals surface area contributed by atoms with Gasteiger partial charge in [0.2, 0.25) is 5.88 Å². The van der Waals surface area contributed by atoms with E-state index in [2.05, 4.69) is 4.98 Å². The van der Waals surface area contributed by atoms with Crippen molar-refractivity contribution in [3.8, 4) is 11.6 Å². The average Bonchev–Trinajstić information content (AvgIpc) is 2.28. The lowest BCUT2D eigenvalue weighted by molar-refractivity contribution is 0.430. The maximum Gasteiger partial charge on any atom is 0.335 e. The summed E-state index contributed by atoms with van der Waals surface area (Å²) in [6.45, 7) is 1.95. The van der Waals surface area contributed by atoms with E-state index in [1.807, 2.05) is 19.1 Å². The maximum atomic E-state index is 11.7. The van der Waals surface area contributed by atoms with E-state index in [0.29, 0.717) is 5.69 Å². The molecule has 0 fully saturated rings. The Kier molecular flexibility index (Phi) is 2.82. The Balaban J connectivity index is 2.77. The molecule has 0 saturated carbocycles. The number of hydrogen-bond donors (Lipinski definition) is 2. The molecule has 1 aromatic carbocycles. The molecule has 0 aliphatic heterocycles. The van der Waals surface area contributed by atoms with Gasteiger partial charge in [-0.3, -0.25) is 9.78 Å². The summed E-state index contributed by atoms with van der Waals surface area (Å²) in [5.74, 6) is -0.361. The van der Waals surface area contributed by atoms with Crippen molar-refractivity contribution < 1.29 is 5.11 Å². The van der Waals surface area contributed by atoms with Crippen molar-refractivity contribution in [2.45, 2.75) is 13.3 Å². The summed E-state index contributed by atoms with van der Waals surface area (Å²) in [6.07, 6.45) is 0.723. The molecule has 1 heterocycles. The normalized spacial score (nSPS) is 10.4. The van der Waals surface area contributed by atoms with Crippen LogP contribution in [0.1, 0.15) is 12.5 Å². The van der Waals surface area contributed by atoms with Crippen LogP contribution in [0.4, 0.5) is 0 Å². The predicted octanol–water partition coefficient (Wildman–Crippen LogP) is 0.794. The van der Waals surface area contributed by atoms with Gasteiger partial charge in [-0.2, -0.15) is 0 Å². The number of nitrogens with zero attached hydrogens (tertiary/aromatic N) is 1. The topological polar surface area (TPSA) is 75.1 Å². The van der Waals surface area contributed by atoms with E-state index in [1.165, 1.54) is 0 Å². The van der Waals surface area contributed by atoms with E-state index in [1.54, 1.807) is 12.1 Å². The highest BCUT2D eigenvalue weighted by Gasteiger charge is 2.09. The molecule has 2 aromatic rings. The van der Waals surface area contributed by atoms with E-state index in [-0.39, 0.29) is 5.88 Å². The van der Waals surface area contributed by atoms with Crippen LogP contribution in [0.3, 0.4) is 0 Å². The number of nitrogens with one attached hydrogen (secondary N) is 1. The Hall–Kier alpha value is -2.30. The van der Waals surface area contributed by atoms with Crippen molar-refractivity contribution in [2.24, 2.45) is 0 Å². The fourth-order valence-electron chi connectivity index (χ4n) is 1.74. The van der Waals surface area contributed by atoms with Gasteiger partial charge in [0.1, 0.15) is 0 Å². The van der Waals surface area contributed by atoms with E-state index >= 15 is 0 Å². The van der Waals surface area contributed by atoms with Gasteiger partial charge in [0.15, 0.2) is 0 Å². The third-order valence-electron chi connectivity index (χ3n) is 2.54. The highest BCUT2D eigenvalue weighted by atomic mass is 16.3. The number of hydrogen-bond acceptors (Lipinski definition) is 3. The second kappa shape index (κ2) is 4.29. The van der Waals surface area contributed by atoms with Gasteiger partial charge in [-0.1, -0.05) is 25.1 Å². The van der Waals surface area contributed by atoms with Crippen molar-refractivity contribution in [3.05, 3.63) is 56.7 Å². The molecule has 0 amide bonds. The van der Waals surface area contributed by atoms with Crippen molar-refractivity contribution in [1.29, 1.82) is 0 Å². The van der Waals surface area contributed by atoms with Crippen LogP contribution in [-0.2, 0) is 6.42 Å². The molecule has 0 aliphatic rings. The summed E-state index contributed by atoms with van der Waals surface area (Å²) in [4.78, 5) is 24.8. The molecule has 0 radical (unpaired) electrons. The quantitative estimate of drug-likeness (QED) is 0.804. The summed E-state index contributed by atoms with van der Waals surface area (Å²) in [5, 5.41) is 9.69. The number of aromatic nitrogens is 2. The Morgan fingerprint density at radius 2 is 2.00 bits per heavy atom. The first-order valence-corrected chi connectivity index (χ1v) is 5.27. The average molecular weight is 232 g/mol. The van der Waals surface area contributed by atoms with Gasteiger partial charge in [-0.25, -0.2) is 9.36 Å². The van der Waals surface area contributed by atoms with Gasteiger partial charge in [0.05, 0.1) is 11.8 Å². The van der Waals surface area contributed by atoms with E-state index in [0.717, 1.165) is 22.6 Å². The molecule has 5 nitrogen and oxygen atoms in total. The molecule has 0 aliphatic carbocycles. The smallest absolute Gasteiger partial charge is 0.335 e. The first-order chi connectivity index (χ1) is 8.13. The molecular weight excluding hydrogens is 220 g/mol. The summed E-state index contributed by atoms with van der Waals surface area (Å²) in [5.41, 5.74) is 0.235. The van der Waals surface area contributed by atoms with Crippen molar-refractivity contribution in [2.75, 3.05) is 0 Å². The number of benzene rings is 1. The second-order valence-electron chi connectivity index (χ2n) is 3.61. The molecule has 2 N–H and O–H groups in total. The third-order valence-corrected chi connectivity index (χ3v) is 2.54. The minimum Gasteiger partial charge on any atom is -0.494 e. The molecule has 17 heavy (non-hydrogen) atoms. The molecule has 0 unspecified atom stereocenters. The molecule has 0 spiro atoms. The fraction of sp³-hybridized carbons (Fsp3) is 0.167. The Morgan fingerprint density at radius 3 is 2.65 bits per heavy atom. The van der Waals surface area contributed by atoms with E-state index < -0.39 is 11.2 Å². The Labute approximate surface area is 97.0 Å². The summed E-state index contributed by atoms with van der Waals surface area (Å²) < 4.78 is 1.08. The number of aryl methyl sites for hydroxylation is 1. The van der Waals surface area contributed by atoms with Gasteiger partial charge in [0.25, 0.3) is 5.56 Å². The van der Waals surface area contributed by atoms with Crippen LogP contribution in [0, 0.1) is 0 Å². The summed E-state index contributed by atoms with van der Waals surface area (Å²) in [6, 6.07) is 8.19. The fourth-order valence-corrected chi connectivity index (χ4v) is 1.74. The van der Waals surface area contributed by atoms with Crippen molar-refractivity contribution >= 4 is 0 Å². The second-order valence-corrected chi connectivity index (χ2v) is 3.61. The number of aromatic amines is 1. The minimum atomic E-state index is -0.643. The molecule has 0 atom stereocenters. The number of para-hydroxylation sites is 1. The minimum absolute atomic E-state index is 0.361. The zero-order valence-electron chi connectivity index (χ0n) is 9.30. The van der Waals surface area contributed by atoms with Crippen LogP contribution in [0.15, 0.2) is 39.9 Å². The van der Waals surface area contributed by atoms with E-state index in [4.69, 9.17) is 0 Å². The van der Waals surface area contributed by atoms with Crippen LogP contribution >= 0.6 is 0 Å². The van der Waals surface area contributed by atoms with Crippen LogP contribution in [0.25, 0.3) is 5.69 Å². The third kappa shape index (κ3) is 1.99. The van der Waals surface area contributed by atoms with Crippen molar-refractivity contribution in [3.63, 3.8) is 0 Å². The molecule has 5 heteroatoms. The molecule has 0 saturated heterocycles. The predicted molar refractivity (Wildman–Crippen MR) is 63.7 cm³/mol. The van der Waals surface area contributed by atoms with Gasteiger partial charge < -0.3 is 5.11 Å². The maximum absolute atomic E-state index is 11.7. The number of aromatic hydroxyl groups is 1. The summed E-state index contributed by atoms with van der Waals surface area (Å²) >= 11 is 0. The van der Waals surface area contributed by atoms with Crippen LogP contribution in [-0.4, -0.2) is 14.7 Å². The van der Waals surface area contributed by atoms with Gasteiger partial charge in [0, 0.05) is 0 Å². The number of rotatable bonds is 2. The largest absolute Gasteiger partial charge is 0.494 e. The van der Waals surface area contributed by atoms with Crippen molar-refractivity contribution in [1.82, 2.24) is 9.55 Å². The Morgan fingerprint density at radius 1 is 1.29 bits per heavy atom. The first kappa shape index (κ1) is 11.2. The molecular formula is C12H12N2O3. The zero-order valence-corrected chi connectivity index (χ0v) is 9.30. The molecule has 0 bridgehead atoms. The standard InChI is InChI=1S/C12H12N2O3/c1-2-8-5-3-4-6-9(8)14-11(16)7-10(15)13-12(14)17/h3-7,16H,2H2,1H3,(H,13,15,17). The highest BCUT2D eigenvalue weighted by Crippen LogP contribution is 2.17. The molecule has 1 aromatic heterocycles. The number of H-pyrrole nitrogens is 1. The van der Waals surface area contributed by atoms with Crippen LogP contribution in [0.2, 0.25) is 0 Å². The Bertz CT molecular complexity index is 655. The lowest BCUT2D eigenvalue weighted by Gasteiger charge is -2.11. The van der Waals surface area contributed by atoms with Crippen LogP contribution < -0.4 is 11.2 Å². The molecule has 88 valence electrons.